The molecule has 2 bridgehead atoms. The number of aliphatic hydroxyl groups is 1. The van der Waals surface area contributed by atoms with E-state index in [0.29, 0.717) is 30.6 Å². The first-order valence-electron chi connectivity index (χ1n) is 12.6. The van der Waals surface area contributed by atoms with Gasteiger partial charge in [-0.15, -0.1) is 0 Å². The Balaban J connectivity index is 2.25. The fourth-order valence-corrected chi connectivity index (χ4v) is 6.05. The number of fused-ring (bicyclic) bond motifs is 4. The molecule has 8 nitrogen and oxygen atoms in total. The predicted octanol–water partition coefficient (Wildman–Crippen LogP) is 3.86. The summed E-state index contributed by atoms with van der Waals surface area (Å²) in [5.74, 6) is -2.02. The Hall–Kier alpha value is -2.35. The lowest BCUT2D eigenvalue weighted by Crippen LogP contribution is -2.61. The minimum atomic E-state index is -0.892. The monoisotopic (exact) mass is 492 g/mol. The molecule has 3 rings (SSSR count). The normalized spacial score (nSPS) is 37.2. The Labute approximate surface area is 208 Å². The molecule has 2 fully saturated rings. The first kappa shape index (κ1) is 27.2. The molecule has 8 heteroatoms. The topological polar surface area (TPSA) is 108 Å². The Morgan fingerprint density at radius 3 is 2.51 bits per heavy atom. The Bertz CT molecular complexity index is 907. The minimum Gasteiger partial charge on any atom is -0.487 e. The molecule has 2 heterocycles. The second kappa shape index (κ2) is 10.3. The van der Waals surface area contributed by atoms with Gasteiger partial charge >= 0.3 is 17.9 Å². The summed E-state index contributed by atoms with van der Waals surface area (Å²) in [5.41, 5.74) is -0.908. The summed E-state index contributed by atoms with van der Waals surface area (Å²) in [6, 6.07) is 0. The lowest BCUT2D eigenvalue weighted by atomic mass is 9.55. The van der Waals surface area contributed by atoms with Gasteiger partial charge in [0, 0.05) is 31.3 Å². The molecule has 1 N–H and O–H groups in total. The Morgan fingerprint density at radius 1 is 1.23 bits per heavy atom. The van der Waals surface area contributed by atoms with Gasteiger partial charge in [-0.05, 0) is 45.1 Å². The maximum absolute atomic E-state index is 12.7. The molecule has 1 saturated heterocycles. The van der Waals surface area contributed by atoms with Gasteiger partial charge in [0.05, 0.1) is 24.5 Å². The van der Waals surface area contributed by atoms with Crippen LogP contribution in [0.25, 0.3) is 0 Å². The van der Waals surface area contributed by atoms with Gasteiger partial charge in [0.25, 0.3) is 0 Å². The second-order valence-corrected chi connectivity index (χ2v) is 10.7. The first-order valence-corrected chi connectivity index (χ1v) is 12.6. The summed E-state index contributed by atoms with van der Waals surface area (Å²) in [7, 11) is 1.34. The van der Waals surface area contributed by atoms with E-state index >= 15 is 0 Å². The minimum absolute atomic E-state index is 0.220. The molecule has 0 aromatic carbocycles. The molecule has 0 aromatic rings. The number of carbonyl (C=O) groups excluding carboxylic acids is 3. The van der Waals surface area contributed by atoms with E-state index in [0.717, 1.165) is 0 Å². The maximum atomic E-state index is 12.7. The quantitative estimate of drug-likeness (QED) is 0.440. The number of hydrogen-bond acceptors (Lipinski definition) is 8. The number of carbonyl (C=O) groups is 3. The average Bonchev–Trinajstić information content (AvgIpc) is 2.78. The van der Waals surface area contributed by atoms with Gasteiger partial charge in [-0.2, -0.15) is 0 Å². The van der Waals surface area contributed by atoms with E-state index in [1.54, 1.807) is 6.92 Å². The molecule has 1 aliphatic carbocycles. The number of allylic oxidation sites excluding steroid dienone is 2. The molecule has 8 atom stereocenters. The molecule has 0 unspecified atom stereocenters. The van der Waals surface area contributed by atoms with Crippen LogP contribution in [0.5, 0.6) is 0 Å². The van der Waals surface area contributed by atoms with E-state index in [-0.39, 0.29) is 24.7 Å². The van der Waals surface area contributed by atoms with Gasteiger partial charge in [-0.1, -0.05) is 26.8 Å². The van der Waals surface area contributed by atoms with Crippen molar-refractivity contribution in [2.24, 2.45) is 23.2 Å². The highest BCUT2D eigenvalue weighted by molar-refractivity contribution is 5.76. The smallest absolute Gasteiger partial charge is 0.312 e. The average molecular weight is 493 g/mol. The van der Waals surface area contributed by atoms with Crippen LogP contribution in [0.4, 0.5) is 0 Å². The van der Waals surface area contributed by atoms with E-state index < -0.39 is 53.1 Å². The molecule has 35 heavy (non-hydrogen) atoms. The van der Waals surface area contributed by atoms with Gasteiger partial charge in [-0.25, -0.2) is 0 Å². The molecule has 1 saturated carbocycles. The van der Waals surface area contributed by atoms with Crippen molar-refractivity contribution in [2.45, 2.75) is 97.6 Å². The molecule has 2 aliphatic heterocycles. The number of esters is 3. The van der Waals surface area contributed by atoms with E-state index in [1.165, 1.54) is 14.0 Å². The third-order valence-corrected chi connectivity index (χ3v) is 8.13. The highest BCUT2D eigenvalue weighted by atomic mass is 16.6. The first-order chi connectivity index (χ1) is 16.4. The highest BCUT2D eigenvalue weighted by Crippen LogP contribution is 2.57. The van der Waals surface area contributed by atoms with E-state index in [9.17, 15) is 19.5 Å². The van der Waals surface area contributed by atoms with Crippen LogP contribution in [0.1, 0.15) is 73.6 Å². The van der Waals surface area contributed by atoms with E-state index in [4.69, 9.17) is 18.9 Å². The van der Waals surface area contributed by atoms with Crippen LogP contribution in [-0.2, 0) is 33.3 Å². The summed E-state index contributed by atoms with van der Waals surface area (Å²) in [6.45, 7) is 10.9. The van der Waals surface area contributed by atoms with Gasteiger partial charge < -0.3 is 24.1 Å². The maximum Gasteiger partial charge on any atom is 0.312 e. The van der Waals surface area contributed by atoms with Crippen molar-refractivity contribution in [2.75, 3.05) is 7.11 Å². The second-order valence-electron chi connectivity index (χ2n) is 10.7. The largest absolute Gasteiger partial charge is 0.487 e. The molecule has 0 radical (unpaired) electrons. The number of aliphatic hydroxyl groups excluding tert-OH is 1. The van der Waals surface area contributed by atoms with Crippen molar-refractivity contribution in [3.05, 3.63) is 23.5 Å². The number of methoxy groups -OCH3 is 1. The van der Waals surface area contributed by atoms with Crippen molar-refractivity contribution in [3.8, 4) is 0 Å². The third-order valence-electron chi connectivity index (χ3n) is 8.13. The van der Waals surface area contributed by atoms with Crippen LogP contribution >= 0.6 is 0 Å². The lowest BCUT2D eigenvalue weighted by Gasteiger charge is -2.57. The number of rotatable bonds is 6. The summed E-state index contributed by atoms with van der Waals surface area (Å²) < 4.78 is 23.6. The van der Waals surface area contributed by atoms with E-state index in [2.05, 4.69) is 0 Å². The number of hydrogen-bond donors (Lipinski definition) is 1. The van der Waals surface area contributed by atoms with Crippen LogP contribution in [0.3, 0.4) is 0 Å². The highest BCUT2D eigenvalue weighted by Gasteiger charge is 2.61. The fourth-order valence-electron chi connectivity index (χ4n) is 6.05. The fraction of sp³-hybridized carbons (Fsp3) is 0.741. The summed E-state index contributed by atoms with van der Waals surface area (Å²) in [6.07, 6.45) is 4.00. The van der Waals surface area contributed by atoms with Crippen molar-refractivity contribution < 1.29 is 38.4 Å². The molecular weight excluding hydrogens is 452 g/mol. The standard InChI is InChI=1S/C27H40O8/c1-8-9-22(30)34-20-11-13-26(5)12-10-18(15(2)25(31)32-7)24(35-26)23-16(3)19(29)14-21(27(20,23)6)33-17(4)28/h10,12,15-16,19-21,23,29H,8-9,11,13-14H2,1-7H3/t15-,16-,19-,20-,21+,23-,26+,27+/m1/s1. The molecule has 3 aliphatic rings. The Kier molecular flexibility index (Phi) is 8.04. The number of ether oxygens (including phenoxy) is 4. The van der Waals surface area contributed by atoms with Crippen molar-refractivity contribution >= 4 is 17.9 Å². The van der Waals surface area contributed by atoms with Crippen LogP contribution in [0.2, 0.25) is 0 Å². The van der Waals surface area contributed by atoms with Gasteiger partial charge in [-0.3, -0.25) is 14.4 Å². The molecule has 196 valence electrons. The molecule has 0 aromatic heterocycles. The van der Waals surface area contributed by atoms with Crippen molar-refractivity contribution in [1.29, 1.82) is 0 Å². The summed E-state index contributed by atoms with van der Waals surface area (Å²) in [5, 5.41) is 11.1. The molecular formula is C27H40O8. The molecule has 0 amide bonds. The zero-order valence-electron chi connectivity index (χ0n) is 22.0. The van der Waals surface area contributed by atoms with Crippen molar-refractivity contribution in [3.63, 3.8) is 0 Å². The van der Waals surface area contributed by atoms with Crippen LogP contribution in [0.15, 0.2) is 23.5 Å². The summed E-state index contributed by atoms with van der Waals surface area (Å²) in [4.78, 5) is 37.4. The van der Waals surface area contributed by atoms with E-state index in [1.807, 2.05) is 39.8 Å². The Morgan fingerprint density at radius 2 is 1.91 bits per heavy atom. The lowest BCUT2D eigenvalue weighted by molar-refractivity contribution is -0.214. The molecule has 0 spiro atoms. The van der Waals surface area contributed by atoms with Crippen molar-refractivity contribution in [1.82, 2.24) is 0 Å². The van der Waals surface area contributed by atoms with Gasteiger partial charge in [0.1, 0.15) is 23.6 Å². The zero-order valence-corrected chi connectivity index (χ0v) is 22.0. The van der Waals surface area contributed by atoms with Crippen LogP contribution in [0, 0.1) is 23.2 Å². The zero-order chi connectivity index (χ0) is 26.1. The third kappa shape index (κ3) is 5.13. The SMILES string of the molecule is CCCC(=O)O[C@@H]1CC[C@]2(C)C=CC([C@@H](C)C(=O)OC)=C(O2)[C@H]2[C@H](C)[C@H](O)C[C@H](OC(C)=O)[C@]12C. The summed E-state index contributed by atoms with van der Waals surface area (Å²) >= 11 is 0. The van der Waals surface area contributed by atoms with Crippen LogP contribution in [-0.4, -0.2) is 54.0 Å². The van der Waals surface area contributed by atoms with Gasteiger partial charge in [0.2, 0.25) is 0 Å². The van der Waals surface area contributed by atoms with Gasteiger partial charge in [0.15, 0.2) is 0 Å². The van der Waals surface area contributed by atoms with Crippen LogP contribution < -0.4 is 0 Å². The predicted molar refractivity (Wildman–Crippen MR) is 128 cm³/mol.